The quantitative estimate of drug-likeness (QED) is 0.623. The lowest BCUT2D eigenvalue weighted by molar-refractivity contribution is -0.138. The number of nitrogen functional groups attached to an aromatic ring is 1. The second kappa shape index (κ2) is 8.23. The highest BCUT2D eigenvalue weighted by Crippen LogP contribution is 2.34. The highest BCUT2D eigenvalue weighted by molar-refractivity contribution is 6.46. The number of aromatic nitrogens is 1. The van der Waals surface area contributed by atoms with Gasteiger partial charge >= 0.3 is 5.97 Å². The van der Waals surface area contributed by atoms with Crippen LogP contribution in [0.1, 0.15) is 43.1 Å². The van der Waals surface area contributed by atoms with Crippen molar-refractivity contribution in [1.29, 1.82) is 0 Å². The Morgan fingerprint density at radius 1 is 1.29 bits per heavy atom. The molecule has 1 aromatic heterocycles. The summed E-state index contributed by atoms with van der Waals surface area (Å²) in [7, 11) is 0. The van der Waals surface area contributed by atoms with Crippen LogP contribution in [-0.2, 0) is 9.53 Å². The van der Waals surface area contributed by atoms with Gasteiger partial charge in [-0.15, -0.1) is 0 Å². The number of amides is 1. The lowest BCUT2D eigenvalue weighted by Gasteiger charge is -2.35. The first kappa shape index (κ1) is 19.1. The topological polar surface area (TPSA) is 85.5 Å². The lowest BCUT2D eigenvalue weighted by atomic mass is 10.00. The Bertz CT molecular complexity index is 655. The maximum Gasteiger partial charge on any atom is 0.359 e. The van der Waals surface area contributed by atoms with E-state index in [4.69, 9.17) is 45.3 Å². The number of halogens is 3. The van der Waals surface area contributed by atoms with E-state index >= 15 is 0 Å². The van der Waals surface area contributed by atoms with Crippen LogP contribution in [0.25, 0.3) is 0 Å². The van der Waals surface area contributed by atoms with Gasteiger partial charge in [0, 0.05) is 12.6 Å². The maximum atomic E-state index is 12.3. The molecule has 1 atom stereocenters. The van der Waals surface area contributed by atoms with E-state index in [1.807, 2.05) is 6.92 Å². The van der Waals surface area contributed by atoms with Gasteiger partial charge in [0.15, 0.2) is 17.5 Å². The van der Waals surface area contributed by atoms with Crippen LogP contribution in [0.2, 0.25) is 15.2 Å². The van der Waals surface area contributed by atoms with Crippen LogP contribution < -0.4 is 5.73 Å². The number of carbonyl (C=O) groups excluding carboxylic acids is 2. The predicted octanol–water partition coefficient (Wildman–Crippen LogP) is 3.57. The van der Waals surface area contributed by atoms with Gasteiger partial charge in [-0.25, -0.2) is 9.78 Å². The van der Waals surface area contributed by atoms with Gasteiger partial charge in [-0.05, 0) is 25.7 Å². The third-order valence-electron chi connectivity index (χ3n) is 4.01. The molecule has 6 nitrogen and oxygen atoms in total. The molecule has 0 saturated carbocycles. The Labute approximate surface area is 155 Å². The lowest BCUT2D eigenvalue weighted by Crippen LogP contribution is -2.45. The summed E-state index contributed by atoms with van der Waals surface area (Å²) in [5.74, 6) is -1.11. The molecule has 2 rings (SSSR count). The average Bonchev–Trinajstić information content (AvgIpc) is 2.60. The molecule has 1 aliphatic heterocycles. The average molecular weight is 395 g/mol. The molecule has 0 spiro atoms. The summed E-state index contributed by atoms with van der Waals surface area (Å²) in [5, 5.41) is -0.335. The van der Waals surface area contributed by atoms with Gasteiger partial charge in [0.1, 0.15) is 5.02 Å². The third-order valence-corrected chi connectivity index (χ3v) is 5.15. The number of hydrogen-bond donors (Lipinski definition) is 1. The number of hydrogen-bond acceptors (Lipinski definition) is 5. The number of likely N-dealkylation sites (tertiary alicyclic amines) is 1. The fraction of sp³-hybridized carbons (Fsp3) is 0.533. The highest BCUT2D eigenvalue weighted by Gasteiger charge is 2.27. The molecule has 1 aliphatic rings. The van der Waals surface area contributed by atoms with Crippen molar-refractivity contribution >= 4 is 52.4 Å². The standard InChI is InChI=1S/C15H18Cl3N3O3/c1-2-8-5-3-4-6-21(8)9(22)7-24-15(23)13-10(16)12(19)11(17)14(18)20-13/h8H,2-7H2,1H3,(H2,19,20)/t8-/m0/s1. The Morgan fingerprint density at radius 2 is 2.00 bits per heavy atom. The summed E-state index contributed by atoms with van der Waals surface area (Å²) in [5.41, 5.74) is 5.34. The smallest absolute Gasteiger partial charge is 0.359 e. The van der Waals surface area contributed by atoms with Crippen LogP contribution in [0, 0.1) is 0 Å². The first-order valence-electron chi connectivity index (χ1n) is 7.63. The van der Waals surface area contributed by atoms with Gasteiger partial charge in [0.25, 0.3) is 5.91 Å². The van der Waals surface area contributed by atoms with Crippen LogP contribution >= 0.6 is 34.8 Å². The minimum Gasteiger partial charge on any atom is -0.451 e. The van der Waals surface area contributed by atoms with Crippen molar-refractivity contribution < 1.29 is 14.3 Å². The van der Waals surface area contributed by atoms with E-state index < -0.39 is 5.97 Å². The molecule has 0 unspecified atom stereocenters. The first-order chi connectivity index (χ1) is 11.4. The Morgan fingerprint density at radius 3 is 2.67 bits per heavy atom. The number of anilines is 1. The molecule has 1 aromatic rings. The van der Waals surface area contributed by atoms with Crippen molar-refractivity contribution in [2.45, 2.75) is 38.6 Å². The summed E-state index contributed by atoms with van der Waals surface area (Å²) in [6.45, 7) is 2.32. The van der Waals surface area contributed by atoms with E-state index in [0.717, 1.165) is 25.7 Å². The summed E-state index contributed by atoms with van der Waals surface area (Å²) in [6, 6.07) is 0.187. The molecule has 24 heavy (non-hydrogen) atoms. The molecule has 0 aromatic carbocycles. The van der Waals surface area contributed by atoms with E-state index in [1.54, 1.807) is 4.90 Å². The van der Waals surface area contributed by atoms with Crippen LogP contribution in [-0.4, -0.2) is 41.0 Å². The highest BCUT2D eigenvalue weighted by atomic mass is 35.5. The summed E-state index contributed by atoms with van der Waals surface area (Å²) in [6.07, 6.45) is 3.89. The summed E-state index contributed by atoms with van der Waals surface area (Å²) < 4.78 is 5.03. The fourth-order valence-electron chi connectivity index (χ4n) is 2.70. The fourth-order valence-corrected chi connectivity index (χ4v) is 3.28. The van der Waals surface area contributed by atoms with E-state index in [9.17, 15) is 9.59 Å². The number of nitrogens with zero attached hydrogens (tertiary/aromatic N) is 2. The Kier molecular flexibility index (Phi) is 6.54. The predicted molar refractivity (Wildman–Crippen MR) is 93.6 cm³/mol. The zero-order valence-corrected chi connectivity index (χ0v) is 15.4. The largest absolute Gasteiger partial charge is 0.451 e. The molecule has 9 heteroatoms. The van der Waals surface area contributed by atoms with E-state index in [1.165, 1.54) is 0 Å². The number of piperidine rings is 1. The molecule has 1 amide bonds. The summed E-state index contributed by atoms with van der Waals surface area (Å²) >= 11 is 17.5. The van der Waals surface area contributed by atoms with Crippen LogP contribution in [0.4, 0.5) is 5.69 Å². The van der Waals surface area contributed by atoms with Crippen LogP contribution in [0.15, 0.2) is 0 Å². The van der Waals surface area contributed by atoms with Crippen molar-refractivity contribution in [3.63, 3.8) is 0 Å². The second-order valence-electron chi connectivity index (χ2n) is 5.51. The Balaban J connectivity index is 2.04. The molecular formula is C15H18Cl3N3O3. The number of rotatable bonds is 4. The van der Waals surface area contributed by atoms with E-state index in [-0.39, 0.29) is 45.1 Å². The van der Waals surface area contributed by atoms with Gasteiger partial charge in [-0.2, -0.15) is 0 Å². The first-order valence-corrected chi connectivity index (χ1v) is 8.76. The number of ether oxygens (including phenoxy) is 1. The molecule has 2 N–H and O–H groups in total. The molecule has 1 fully saturated rings. The molecule has 0 aliphatic carbocycles. The van der Waals surface area contributed by atoms with Crippen molar-refractivity contribution in [1.82, 2.24) is 9.88 Å². The van der Waals surface area contributed by atoms with Crippen LogP contribution in [0.5, 0.6) is 0 Å². The maximum absolute atomic E-state index is 12.3. The molecule has 0 bridgehead atoms. The van der Waals surface area contributed by atoms with Gasteiger partial charge in [0.05, 0.1) is 10.7 Å². The minimum absolute atomic E-state index is 0.0339. The second-order valence-corrected chi connectivity index (χ2v) is 6.63. The molecular weight excluding hydrogens is 377 g/mol. The van der Waals surface area contributed by atoms with Gasteiger partial charge in [-0.1, -0.05) is 41.7 Å². The Hall–Kier alpha value is -1.24. The molecule has 1 saturated heterocycles. The molecule has 132 valence electrons. The van der Waals surface area contributed by atoms with Gasteiger partial charge in [-0.3, -0.25) is 4.79 Å². The zero-order chi connectivity index (χ0) is 17.9. The zero-order valence-electron chi connectivity index (χ0n) is 13.2. The van der Waals surface area contributed by atoms with Crippen molar-refractivity contribution in [3.05, 3.63) is 20.9 Å². The van der Waals surface area contributed by atoms with Crippen molar-refractivity contribution in [2.24, 2.45) is 0 Å². The molecule has 0 radical (unpaired) electrons. The van der Waals surface area contributed by atoms with Crippen molar-refractivity contribution in [3.8, 4) is 0 Å². The van der Waals surface area contributed by atoms with Crippen LogP contribution in [0.3, 0.4) is 0 Å². The minimum atomic E-state index is -0.872. The van der Waals surface area contributed by atoms with Gasteiger partial charge in [0.2, 0.25) is 0 Å². The third kappa shape index (κ3) is 4.05. The number of nitrogens with two attached hydrogens (primary N) is 1. The normalized spacial score (nSPS) is 17.7. The monoisotopic (exact) mass is 393 g/mol. The number of carbonyl (C=O) groups is 2. The SMILES string of the molecule is CC[C@H]1CCCCN1C(=O)COC(=O)c1nc(Cl)c(Cl)c(N)c1Cl. The van der Waals surface area contributed by atoms with E-state index in [2.05, 4.69) is 4.98 Å². The number of esters is 1. The van der Waals surface area contributed by atoms with Gasteiger partial charge < -0.3 is 15.4 Å². The summed E-state index contributed by atoms with van der Waals surface area (Å²) in [4.78, 5) is 30.0. The van der Waals surface area contributed by atoms with Crippen molar-refractivity contribution in [2.75, 3.05) is 18.9 Å². The number of pyridine rings is 1. The molecule has 2 heterocycles. The van der Waals surface area contributed by atoms with E-state index in [0.29, 0.717) is 6.54 Å².